The van der Waals surface area contributed by atoms with Crippen molar-refractivity contribution in [2.24, 2.45) is 5.92 Å². The van der Waals surface area contributed by atoms with E-state index in [0.717, 1.165) is 5.56 Å². The first-order chi connectivity index (χ1) is 17.3. The Labute approximate surface area is 207 Å². The van der Waals surface area contributed by atoms with E-state index in [1.165, 1.54) is 6.33 Å². The molecule has 2 aromatic heterocycles. The van der Waals surface area contributed by atoms with Crippen molar-refractivity contribution < 1.29 is 24.2 Å². The highest BCUT2D eigenvalue weighted by Crippen LogP contribution is 2.47. The van der Waals surface area contributed by atoms with E-state index in [1.54, 1.807) is 20.2 Å². The lowest BCUT2D eigenvalue weighted by atomic mass is 10.1. The van der Waals surface area contributed by atoms with Gasteiger partial charge in [-0.15, -0.1) is 0 Å². The number of likely N-dealkylation sites (tertiary alicyclic amines) is 1. The second-order valence-corrected chi connectivity index (χ2v) is 10.2. The van der Waals surface area contributed by atoms with E-state index >= 15 is 0 Å². The van der Waals surface area contributed by atoms with Gasteiger partial charge in [0.05, 0.1) is 24.3 Å². The van der Waals surface area contributed by atoms with Crippen molar-refractivity contribution in [2.45, 2.75) is 63.3 Å². The van der Waals surface area contributed by atoms with Crippen LogP contribution in [0.1, 0.15) is 38.3 Å². The monoisotopic (exact) mass is 492 g/mol. The molecule has 3 aromatic rings. The minimum absolute atomic E-state index is 0.0879. The van der Waals surface area contributed by atoms with E-state index in [0.29, 0.717) is 42.9 Å². The number of aromatic nitrogens is 4. The van der Waals surface area contributed by atoms with Gasteiger partial charge >= 0.3 is 5.97 Å². The summed E-state index contributed by atoms with van der Waals surface area (Å²) in [5, 5.41) is 13.2. The molecule has 3 aliphatic rings. The number of aliphatic carboxylic acids is 1. The van der Waals surface area contributed by atoms with Crippen molar-refractivity contribution in [3.63, 3.8) is 0 Å². The Morgan fingerprint density at radius 1 is 1.17 bits per heavy atom. The third-order valence-electron chi connectivity index (χ3n) is 7.24. The van der Waals surface area contributed by atoms with Gasteiger partial charge in [-0.2, -0.15) is 0 Å². The highest BCUT2D eigenvalue weighted by molar-refractivity contribution is 5.85. The molecule has 36 heavy (non-hydrogen) atoms. The van der Waals surface area contributed by atoms with Gasteiger partial charge in [0.25, 0.3) is 0 Å². The van der Waals surface area contributed by atoms with Crippen molar-refractivity contribution >= 4 is 28.9 Å². The summed E-state index contributed by atoms with van der Waals surface area (Å²) in [6.07, 6.45) is 2.87. The summed E-state index contributed by atoms with van der Waals surface area (Å²) >= 11 is 0. The number of nitrogens with zero attached hydrogens (tertiary/aromatic N) is 5. The molecule has 0 bridgehead atoms. The molecule has 1 amide bonds. The second-order valence-electron chi connectivity index (χ2n) is 10.2. The molecule has 1 aromatic carbocycles. The van der Waals surface area contributed by atoms with Crippen molar-refractivity contribution in [1.29, 1.82) is 0 Å². The van der Waals surface area contributed by atoms with Crippen LogP contribution in [0.5, 0.6) is 0 Å². The number of imidazole rings is 1. The molecule has 0 radical (unpaired) electrons. The van der Waals surface area contributed by atoms with Crippen LogP contribution < -0.4 is 5.32 Å². The molecule has 188 valence electrons. The minimum Gasteiger partial charge on any atom is -0.481 e. The quantitative estimate of drug-likeness (QED) is 0.531. The molecule has 11 heteroatoms. The first-order valence-electron chi connectivity index (χ1n) is 12.1. The van der Waals surface area contributed by atoms with Crippen molar-refractivity contribution in [3.8, 4) is 0 Å². The SMILES string of the molecule is CC1(C)O[C@@H]2[C@H](O1)[C@@H](C(=O)O)C[C@H]2n1cnc2c(N[C@H]3CC(=O)N(Cc4ccccc4)C3)ncnc21. The van der Waals surface area contributed by atoms with E-state index in [-0.39, 0.29) is 18.0 Å². The third-order valence-corrected chi connectivity index (χ3v) is 7.24. The zero-order chi connectivity index (χ0) is 25.0. The number of ether oxygens (including phenoxy) is 2. The van der Waals surface area contributed by atoms with Crippen LogP contribution in [0.3, 0.4) is 0 Å². The number of benzene rings is 1. The number of fused-ring (bicyclic) bond motifs is 2. The number of carboxylic acids is 1. The van der Waals surface area contributed by atoms with Gasteiger partial charge in [0.15, 0.2) is 17.3 Å². The molecule has 11 nitrogen and oxygen atoms in total. The second kappa shape index (κ2) is 8.52. The zero-order valence-electron chi connectivity index (χ0n) is 20.1. The zero-order valence-corrected chi connectivity index (χ0v) is 20.1. The number of carbonyl (C=O) groups excluding carboxylic acids is 1. The van der Waals surface area contributed by atoms with Crippen molar-refractivity contribution in [2.75, 3.05) is 11.9 Å². The number of hydrogen-bond acceptors (Lipinski definition) is 8. The largest absolute Gasteiger partial charge is 0.481 e. The molecule has 6 rings (SSSR count). The van der Waals surface area contributed by atoms with Crippen LogP contribution in [0, 0.1) is 5.92 Å². The number of rotatable bonds is 6. The minimum atomic E-state index is -0.902. The molecule has 0 unspecified atom stereocenters. The molecule has 4 heterocycles. The van der Waals surface area contributed by atoms with Gasteiger partial charge in [-0.1, -0.05) is 30.3 Å². The highest BCUT2D eigenvalue weighted by atomic mass is 16.8. The summed E-state index contributed by atoms with van der Waals surface area (Å²) in [4.78, 5) is 39.8. The normalized spacial score (nSPS) is 29.1. The number of anilines is 1. The van der Waals surface area contributed by atoms with Crippen LogP contribution in [0.25, 0.3) is 11.2 Å². The van der Waals surface area contributed by atoms with Gasteiger partial charge < -0.3 is 29.4 Å². The summed E-state index contributed by atoms with van der Waals surface area (Å²) < 4.78 is 13.9. The molecular weight excluding hydrogens is 464 g/mol. The van der Waals surface area contributed by atoms with Gasteiger partial charge in [0.1, 0.15) is 24.1 Å². The Morgan fingerprint density at radius 2 is 1.94 bits per heavy atom. The lowest BCUT2D eigenvalue weighted by Crippen LogP contribution is -2.30. The molecule has 3 fully saturated rings. The fraction of sp³-hybridized carbons (Fsp3) is 0.480. The Kier molecular flexibility index (Phi) is 5.41. The number of carbonyl (C=O) groups is 2. The number of nitrogens with one attached hydrogen (secondary N) is 1. The summed E-state index contributed by atoms with van der Waals surface area (Å²) in [6, 6.07) is 9.51. The van der Waals surface area contributed by atoms with E-state index in [1.807, 2.05) is 39.8 Å². The van der Waals surface area contributed by atoms with Crippen LogP contribution in [0.4, 0.5) is 5.82 Å². The Balaban J connectivity index is 1.23. The third kappa shape index (κ3) is 3.97. The van der Waals surface area contributed by atoms with Gasteiger partial charge in [0, 0.05) is 19.5 Å². The fourth-order valence-electron chi connectivity index (χ4n) is 5.69. The number of hydrogen-bond donors (Lipinski definition) is 2. The van der Waals surface area contributed by atoms with Crippen LogP contribution >= 0.6 is 0 Å². The van der Waals surface area contributed by atoms with Gasteiger partial charge in [0.2, 0.25) is 5.91 Å². The average Bonchev–Trinajstić information content (AvgIpc) is 3.57. The average molecular weight is 493 g/mol. The van der Waals surface area contributed by atoms with Crippen LogP contribution in [0.2, 0.25) is 0 Å². The Morgan fingerprint density at radius 3 is 2.72 bits per heavy atom. The maximum atomic E-state index is 12.6. The van der Waals surface area contributed by atoms with Gasteiger partial charge in [-0.25, -0.2) is 15.0 Å². The topological polar surface area (TPSA) is 132 Å². The molecule has 2 N–H and O–H groups in total. The first kappa shape index (κ1) is 22.9. The predicted molar refractivity (Wildman–Crippen MR) is 128 cm³/mol. The van der Waals surface area contributed by atoms with E-state index < -0.39 is 29.9 Å². The van der Waals surface area contributed by atoms with E-state index in [9.17, 15) is 14.7 Å². The molecule has 1 aliphatic carbocycles. The maximum Gasteiger partial charge on any atom is 0.309 e. The lowest BCUT2D eigenvalue weighted by molar-refractivity contribution is -0.167. The summed E-state index contributed by atoms with van der Waals surface area (Å²) in [7, 11) is 0. The lowest BCUT2D eigenvalue weighted by Gasteiger charge is -2.23. The number of carboxylic acid groups (broad SMARTS) is 1. The predicted octanol–water partition coefficient (Wildman–Crippen LogP) is 2.20. The molecular formula is C25H28N6O5. The maximum absolute atomic E-state index is 12.6. The molecule has 0 spiro atoms. The van der Waals surface area contributed by atoms with Gasteiger partial charge in [-0.05, 0) is 25.8 Å². The van der Waals surface area contributed by atoms with E-state index in [2.05, 4.69) is 20.3 Å². The standard InChI is InChI=1S/C25H28N6O5/c1-25(2)35-20-16(24(33)34)9-17(21(20)36-25)31-13-28-19-22(26-12-27-23(19)31)29-15-8-18(32)30(11-15)10-14-6-4-3-5-7-14/h3-7,12-13,15-17,20-21H,8-11H2,1-2H3,(H,33,34)(H,26,27,29)/t15-,16-,17+,20+,21-/m0/s1. The van der Waals surface area contributed by atoms with Crippen LogP contribution in [-0.2, 0) is 25.6 Å². The fourth-order valence-corrected chi connectivity index (χ4v) is 5.69. The first-order valence-corrected chi connectivity index (χ1v) is 12.1. The summed E-state index contributed by atoms with van der Waals surface area (Å²) in [5.74, 6) is -1.81. The summed E-state index contributed by atoms with van der Waals surface area (Å²) in [5.41, 5.74) is 2.24. The molecule has 5 atom stereocenters. The number of amides is 1. The Bertz CT molecular complexity index is 1310. The molecule has 2 aliphatic heterocycles. The van der Waals surface area contributed by atoms with E-state index in [4.69, 9.17) is 9.47 Å². The van der Waals surface area contributed by atoms with Crippen LogP contribution in [0.15, 0.2) is 43.0 Å². The van der Waals surface area contributed by atoms with Crippen molar-refractivity contribution in [3.05, 3.63) is 48.5 Å². The summed E-state index contributed by atoms with van der Waals surface area (Å²) in [6.45, 7) is 4.72. The Hall–Kier alpha value is -3.57. The molecule has 1 saturated carbocycles. The van der Waals surface area contributed by atoms with Gasteiger partial charge in [-0.3, -0.25) is 9.59 Å². The highest BCUT2D eigenvalue weighted by Gasteiger charge is 2.57. The van der Waals surface area contributed by atoms with Crippen LogP contribution in [-0.4, -0.2) is 72.0 Å². The smallest absolute Gasteiger partial charge is 0.309 e. The molecule has 2 saturated heterocycles. The van der Waals surface area contributed by atoms with Crippen molar-refractivity contribution in [1.82, 2.24) is 24.4 Å².